The fourth-order valence-electron chi connectivity index (χ4n) is 2.76. The van der Waals surface area contributed by atoms with Crippen LogP contribution in [0.1, 0.15) is 37.6 Å². The number of aromatic nitrogens is 4. The third-order valence-electron chi connectivity index (χ3n) is 3.83. The Bertz CT molecular complexity index is 572. The van der Waals surface area contributed by atoms with Crippen molar-refractivity contribution in [2.24, 2.45) is 0 Å². The van der Waals surface area contributed by atoms with E-state index in [1.54, 1.807) is 12.4 Å². The lowest BCUT2D eigenvalue weighted by Crippen LogP contribution is -2.29. The maximum absolute atomic E-state index is 5.51. The van der Waals surface area contributed by atoms with Crippen molar-refractivity contribution in [1.29, 1.82) is 0 Å². The van der Waals surface area contributed by atoms with Crippen molar-refractivity contribution >= 4 is 0 Å². The summed E-state index contributed by atoms with van der Waals surface area (Å²) in [5.74, 6) is 1.70. The number of nitrogens with zero attached hydrogens (tertiary/aromatic N) is 4. The molecule has 3 rings (SSSR count). The summed E-state index contributed by atoms with van der Waals surface area (Å²) in [4.78, 5) is 13.0. The maximum atomic E-state index is 5.51. The molecule has 2 aromatic rings. The van der Waals surface area contributed by atoms with Crippen molar-refractivity contribution in [1.82, 2.24) is 25.4 Å². The fraction of sp³-hybridized carbons (Fsp3) is 0.571. The average molecular weight is 273 g/mol. The molecular formula is C14H19N5O. The standard InChI is InChI=1S/C14H19N5O/c1-3-4-14(5-6-15-9-14)13-18-12(19-20-13)11-16-7-10(2)8-17-11/h7-8,15H,3-6,9H2,1-2H3. The van der Waals surface area contributed by atoms with E-state index in [9.17, 15) is 0 Å². The Kier molecular flexibility index (Phi) is 3.48. The van der Waals surface area contributed by atoms with E-state index in [0.717, 1.165) is 37.9 Å². The zero-order valence-electron chi connectivity index (χ0n) is 11.9. The van der Waals surface area contributed by atoms with Crippen LogP contribution in [0.2, 0.25) is 0 Å². The average Bonchev–Trinajstić information content (AvgIpc) is 3.09. The molecule has 1 fully saturated rings. The van der Waals surface area contributed by atoms with Gasteiger partial charge >= 0.3 is 0 Å². The summed E-state index contributed by atoms with van der Waals surface area (Å²) in [7, 11) is 0. The van der Waals surface area contributed by atoms with Crippen LogP contribution >= 0.6 is 0 Å². The van der Waals surface area contributed by atoms with E-state index in [0.29, 0.717) is 17.5 Å². The molecule has 0 aliphatic carbocycles. The van der Waals surface area contributed by atoms with Gasteiger partial charge in [0.15, 0.2) is 0 Å². The minimum atomic E-state index is -0.0231. The molecule has 0 saturated carbocycles. The van der Waals surface area contributed by atoms with Crippen LogP contribution in [0, 0.1) is 6.92 Å². The molecule has 0 aromatic carbocycles. The summed E-state index contributed by atoms with van der Waals surface area (Å²) in [6.07, 6.45) is 6.71. The smallest absolute Gasteiger partial charge is 0.240 e. The van der Waals surface area contributed by atoms with Crippen molar-refractivity contribution in [2.45, 2.75) is 38.5 Å². The Morgan fingerprint density at radius 1 is 1.30 bits per heavy atom. The zero-order chi connectivity index (χ0) is 14.0. The Morgan fingerprint density at radius 3 is 2.75 bits per heavy atom. The molecule has 6 heteroatoms. The molecule has 1 saturated heterocycles. The van der Waals surface area contributed by atoms with Crippen molar-refractivity contribution < 1.29 is 4.52 Å². The molecule has 0 bridgehead atoms. The van der Waals surface area contributed by atoms with Crippen LogP contribution < -0.4 is 5.32 Å². The molecule has 1 aliphatic heterocycles. The second kappa shape index (κ2) is 5.28. The Morgan fingerprint density at radius 2 is 2.10 bits per heavy atom. The summed E-state index contributed by atoms with van der Waals surface area (Å²) in [6, 6.07) is 0. The summed E-state index contributed by atoms with van der Waals surface area (Å²) < 4.78 is 5.51. The lowest BCUT2D eigenvalue weighted by Gasteiger charge is -2.22. The van der Waals surface area contributed by atoms with Crippen LogP contribution in [0.4, 0.5) is 0 Å². The van der Waals surface area contributed by atoms with E-state index in [1.807, 2.05) is 6.92 Å². The lowest BCUT2D eigenvalue weighted by atomic mass is 9.82. The third-order valence-corrected chi connectivity index (χ3v) is 3.83. The number of aryl methyl sites for hydroxylation is 1. The van der Waals surface area contributed by atoms with Gasteiger partial charge in [0.2, 0.25) is 17.5 Å². The van der Waals surface area contributed by atoms with Gasteiger partial charge in [-0.05, 0) is 31.9 Å². The Balaban J connectivity index is 1.91. The van der Waals surface area contributed by atoms with Crippen LogP contribution in [0.15, 0.2) is 16.9 Å². The van der Waals surface area contributed by atoms with Gasteiger partial charge < -0.3 is 9.84 Å². The van der Waals surface area contributed by atoms with Gasteiger partial charge in [-0.3, -0.25) is 0 Å². The van der Waals surface area contributed by atoms with E-state index in [-0.39, 0.29) is 5.41 Å². The largest absolute Gasteiger partial charge is 0.338 e. The topological polar surface area (TPSA) is 76.7 Å². The quantitative estimate of drug-likeness (QED) is 0.916. The minimum Gasteiger partial charge on any atom is -0.338 e. The second-order valence-corrected chi connectivity index (χ2v) is 5.46. The van der Waals surface area contributed by atoms with Crippen LogP contribution in [-0.4, -0.2) is 33.2 Å². The van der Waals surface area contributed by atoms with Gasteiger partial charge in [-0.15, -0.1) is 0 Å². The first kappa shape index (κ1) is 13.2. The normalized spacial score (nSPS) is 22.3. The fourth-order valence-corrected chi connectivity index (χ4v) is 2.76. The molecule has 106 valence electrons. The molecule has 3 heterocycles. The summed E-state index contributed by atoms with van der Waals surface area (Å²) >= 11 is 0. The number of hydrogen-bond acceptors (Lipinski definition) is 6. The third kappa shape index (κ3) is 2.31. The van der Waals surface area contributed by atoms with Gasteiger partial charge in [0.25, 0.3) is 0 Å². The minimum absolute atomic E-state index is 0.0231. The van der Waals surface area contributed by atoms with Crippen LogP contribution in [0.25, 0.3) is 11.6 Å². The highest BCUT2D eigenvalue weighted by molar-refractivity contribution is 5.41. The molecule has 1 unspecified atom stereocenters. The van der Waals surface area contributed by atoms with E-state index in [2.05, 4.69) is 32.3 Å². The van der Waals surface area contributed by atoms with Gasteiger partial charge in [-0.1, -0.05) is 18.5 Å². The molecule has 1 N–H and O–H groups in total. The van der Waals surface area contributed by atoms with Gasteiger partial charge in [-0.25, -0.2) is 9.97 Å². The first-order chi connectivity index (χ1) is 9.73. The van der Waals surface area contributed by atoms with Crippen LogP contribution in [0.3, 0.4) is 0 Å². The van der Waals surface area contributed by atoms with Gasteiger partial charge in [0, 0.05) is 18.9 Å². The molecular weight excluding hydrogens is 254 g/mol. The molecule has 2 aromatic heterocycles. The molecule has 1 atom stereocenters. The SMILES string of the molecule is CCCC1(c2nc(-c3ncc(C)cn3)no2)CCNC1. The first-order valence-electron chi connectivity index (χ1n) is 7.07. The Hall–Kier alpha value is -1.82. The van der Waals surface area contributed by atoms with Crippen molar-refractivity contribution in [2.75, 3.05) is 13.1 Å². The van der Waals surface area contributed by atoms with Crippen molar-refractivity contribution in [3.63, 3.8) is 0 Å². The number of nitrogens with one attached hydrogen (secondary N) is 1. The second-order valence-electron chi connectivity index (χ2n) is 5.46. The molecule has 20 heavy (non-hydrogen) atoms. The molecule has 0 amide bonds. The highest BCUT2D eigenvalue weighted by Crippen LogP contribution is 2.34. The summed E-state index contributed by atoms with van der Waals surface area (Å²) in [5, 5.41) is 7.44. The highest BCUT2D eigenvalue weighted by atomic mass is 16.5. The number of rotatable bonds is 4. The van der Waals surface area contributed by atoms with E-state index in [1.165, 1.54) is 0 Å². The number of hydrogen-bond donors (Lipinski definition) is 1. The molecule has 1 aliphatic rings. The molecule has 0 spiro atoms. The van der Waals surface area contributed by atoms with E-state index >= 15 is 0 Å². The van der Waals surface area contributed by atoms with E-state index < -0.39 is 0 Å². The summed E-state index contributed by atoms with van der Waals surface area (Å²) in [5.41, 5.74) is 0.991. The lowest BCUT2D eigenvalue weighted by molar-refractivity contribution is 0.277. The zero-order valence-corrected chi connectivity index (χ0v) is 11.9. The maximum Gasteiger partial charge on any atom is 0.240 e. The van der Waals surface area contributed by atoms with Crippen LogP contribution in [0.5, 0.6) is 0 Å². The summed E-state index contributed by atoms with van der Waals surface area (Å²) in [6.45, 7) is 6.03. The first-order valence-corrected chi connectivity index (χ1v) is 7.07. The van der Waals surface area contributed by atoms with Gasteiger partial charge in [-0.2, -0.15) is 4.98 Å². The predicted octanol–water partition coefficient (Wildman–Crippen LogP) is 1.87. The Labute approximate surface area is 118 Å². The molecule has 6 nitrogen and oxygen atoms in total. The van der Waals surface area contributed by atoms with Gasteiger partial charge in [0.05, 0.1) is 5.41 Å². The highest BCUT2D eigenvalue weighted by Gasteiger charge is 2.40. The van der Waals surface area contributed by atoms with Gasteiger partial charge in [0.1, 0.15) is 0 Å². The van der Waals surface area contributed by atoms with Crippen LogP contribution in [-0.2, 0) is 5.41 Å². The predicted molar refractivity (Wildman–Crippen MR) is 74.1 cm³/mol. The van der Waals surface area contributed by atoms with Crippen molar-refractivity contribution in [3.05, 3.63) is 23.8 Å². The van der Waals surface area contributed by atoms with E-state index in [4.69, 9.17) is 4.52 Å². The monoisotopic (exact) mass is 273 g/mol. The molecule has 0 radical (unpaired) electrons. The van der Waals surface area contributed by atoms with Crippen molar-refractivity contribution in [3.8, 4) is 11.6 Å².